The highest BCUT2D eigenvalue weighted by atomic mass is 16.1. The third kappa shape index (κ3) is 1.28. The van der Waals surface area contributed by atoms with Gasteiger partial charge < -0.3 is 0 Å². The zero-order valence-corrected chi connectivity index (χ0v) is 8.14. The van der Waals surface area contributed by atoms with Gasteiger partial charge in [0, 0.05) is 12.2 Å². The molecule has 0 atom stereocenters. The van der Waals surface area contributed by atoms with Gasteiger partial charge in [-0.15, -0.1) is 0 Å². The Morgan fingerprint density at radius 2 is 2.14 bits per heavy atom. The van der Waals surface area contributed by atoms with Gasteiger partial charge >= 0.3 is 0 Å². The molecule has 14 heavy (non-hydrogen) atoms. The summed E-state index contributed by atoms with van der Waals surface area (Å²) in [5.74, 6) is 0. The molecule has 2 aromatic heterocycles. The maximum atomic E-state index is 11.8. The molecular weight excluding hydrogens is 178 g/mol. The smallest absolute Gasteiger partial charge is 0.280 e. The Balaban J connectivity index is 2.82. The first-order valence-corrected chi connectivity index (χ1v) is 4.52. The fourth-order valence-corrected chi connectivity index (χ4v) is 1.33. The first-order valence-electron chi connectivity index (χ1n) is 4.52. The molecule has 0 saturated carbocycles. The van der Waals surface area contributed by atoms with Crippen LogP contribution in [0.4, 0.5) is 0 Å². The zero-order valence-electron chi connectivity index (χ0n) is 8.14. The molecule has 0 aliphatic rings. The minimum absolute atomic E-state index is 0.0781. The quantitative estimate of drug-likeness (QED) is 0.680. The van der Waals surface area contributed by atoms with Gasteiger partial charge in [0.2, 0.25) is 0 Å². The van der Waals surface area contributed by atoms with Gasteiger partial charge in [-0.1, -0.05) is 0 Å². The van der Waals surface area contributed by atoms with Crippen LogP contribution in [0.2, 0.25) is 0 Å². The van der Waals surface area contributed by atoms with E-state index >= 15 is 0 Å². The van der Waals surface area contributed by atoms with Gasteiger partial charge in [0.25, 0.3) is 5.56 Å². The molecule has 2 aromatic rings. The first-order chi connectivity index (χ1) is 6.70. The Hall–Kier alpha value is -1.71. The molecule has 0 saturated heterocycles. The van der Waals surface area contributed by atoms with E-state index in [9.17, 15) is 4.79 Å². The summed E-state index contributed by atoms with van der Waals surface area (Å²) < 4.78 is 1.58. The second kappa shape index (κ2) is 3.21. The Labute approximate surface area is 81.2 Å². The van der Waals surface area contributed by atoms with E-state index in [-0.39, 0.29) is 11.6 Å². The fourth-order valence-electron chi connectivity index (χ4n) is 1.33. The lowest BCUT2D eigenvalue weighted by atomic mass is 10.3. The van der Waals surface area contributed by atoms with Crippen molar-refractivity contribution in [3.63, 3.8) is 0 Å². The number of rotatable bonds is 1. The van der Waals surface area contributed by atoms with Gasteiger partial charge in [-0.25, -0.2) is 9.97 Å². The van der Waals surface area contributed by atoms with Crippen molar-refractivity contribution in [2.24, 2.45) is 0 Å². The van der Waals surface area contributed by atoms with Gasteiger partial charge in [0.05, 0.1) is 11.8 Å². The monoisotopic (exact) mass is 189 g/mol. The highest BCUT2D eigenvalue weighted by molar-refractivity contribution is 5.71. The van der Waals surface area contributed by atoms with Gasteiger partial charge in [0.15, 0.2) is 5.52 Å². The molecule has 0 unspecified atom stereocenters. The van der Waals surface area contributed by atoms with Crippen molar-refractivity contribution in [2.75, 3.05) is 0 Å². The Kier molecular flexibility index (Phi) is 2.04. The molecule has 2 heterocycles. The summed E-state index contributed by atoms with van der Waals surface area (Å²) in [5.41, 5.74) is 1.00. The maximum absolute atomic E-state index is 11.8. The van der Waals surface area contributed by atoms with Gasteiger partial charge in [0.1, 0.15) is 0 Å². The number of hydrogen-bond donors (Lipinski definition) is 0. The molecule has 2 rings (SSSR count). The van der Waals surface area contributed by atoms with Gasteiger partial charge in [-0.3, -0.25) is 9.36 Å². The molecule has 4 heteroatoms. The van der Waals surface area contributed by atoms with Crippen molar-refractivity contribution in [3.8, 4) is 0 Å². The summed E-state index contributed by atoms with van der Waals surface area (Å²) in [6, 6.07) is 3.67. The summed E-state index contributed by atoms with van der Waals surface area (Å²) in [6.07, 6.45) is 3.17. The maximum Gasteiger partial charge on any atom is 0.280 e. The van der Waals surface area contributed by atoms with Gasteiger partial charge in [-0.05, 0) is 26.0 Å². The number of fused-ring (bicyclic) bond motifs is 1. The van der Waals surface area contributed by atoms with E-state index in [1.54, 1.807) is 29.2 Å². The summed E-state index contributed by atoms with van der Waals surface area (Å²) >= 11 is 0. The minimum atomic E-state index is -0.0781. The molecule has 4 nitrogen and oxygen atoms in total. The lowest BCUT2D eigenvalue weighted by Gasteiger charge is -2.08. The summed E-state index contributed by atoms with van der Waals surface area (Å²) in [4.78, 5) is 20.0. The van der Waals surface area contributed by atoms with Crippen LogP contribution in [-0.4, -0.2) is 14.5 Å². The standard InChI is InChI=1S/C10H11N3O/c1-7(2)13-6-12-8-4-3-5-11-9(8)10(13)14/h3-7H,1-2H3. The van der Waals surface area contributed by atoms with Crippen molar-refractivity contribution in [1.82, 2.24) is 14.5 Å². The largest absolute Gasteiger partial charge is 0.295 e. The summed E-state index contributed by atoms with van der Waals surface area (Å²) in [5, 5.41) is 0. The molecule has 0 aromatic carbocycles. The van der Waals surface area contributed by atoms with Crippen LogP contribution in [0.25, 0.3) is 11.0 Å². The molecule has 0 fully saturated rings. The first kappa shape index (κ1) is 8.87. The number of pyridine rings is 1. The van der Waals surface area contributed by atoms with E-state index in [0.717, 1.165) is 0 Å². The Bertz CT molecular complexity index is 516. The predicted octanol–water partition coefficient (Wildman–Crippen LogP) is 1.37. The Morgan fingerprint density at radius 1 is 1.36 bits per heavy atom. The minimum Gasteiger partial charge on any atom is -0.295 e. The van der Waals surface area contributed by atoms with Crippen LogP contribution in [0, 0.1) is 0 Å². The van der Waals surface area contributed by atoms with E-state index in [0.29, 0.717) is 11.0 Å². The predicted molar refractivity (Wildman–Crippen MR) is 54.2 cm³/mol. The summed E-state index contributed by atoms with van der Waals surface area (Å²) in [7, 11) is 0. The third-order valence-corrected chi connectivity index (χ3v) is 2.10. The van der Waals surface area contributed by atoms with Crippen molar-refractivity contribution in [1.29, 1.82) is 0 Å². The average Bonchev–Trinajstić information content (AvgIpc) is 2.18. The molecule has 0 aliphatic carbocycles. The molecule has 0 N–H and O–H groups in total. The van der Waals surface area contributed by atoms with Crippen molar-refractivity contribution in [3.05, 3.63) is 35.0 Å². The van der Waals surface area contributed by atoms with Crippen LogP contribution in [0.15, 0.2) is 29.5 Å². The lowest BCUT2D eigenvalue weighted by molar-refractivity contribution is 0.572. The van der Waals surface area contributed by atoms with Crippen LogP contribution < -0.4 is 5.56 Å². The van der Waals surface area contributed by atoms with E-state index in [4.69, 9.17) is 0 Å². The van der Waals surface area contributed by atoms with Crippen LogP contribution in [0.3, 0.4) is 0 Å². The SMILES string of the molecule is CC(C)n1cnc2cccnc2c1=O. The molecular formula is C10H11N3O. The second-order valence-corrected chi connectivity index (χ2v) is 3.42. The highest BCUT2D eigenvalue weighted by Crippen LogP contribution is 2.04. The second-order valence-electron chi connectivity index (χ2n) is 3.42. The molecule has 72 valence electrons. The summed E-state index contributed by atoms with van der Waals surface area (Å²) in [6.45, 7) is 3.88. The third-order valence-electron chi connectivity index (χ3n) is 2.10. The van der Waals surface area contributed by atoms with E-state index in [2.05, 4.69) is 9.97 Å². The molecule has 0 radical (unpaired) electrons. The number of nitrogens with zero attached hydrogens (tertiary/aromatic N) is 3. The van der Waals surface area contributed by atoms with Crippen LogP contribution in [0.5, 0.6) is 0 Å². The molecule has 0 aliphatic heterocycles. The zero-order chi connectivity index (χ0) is 10.1. The van der Waals surface area contributed by atoms with Crippen LogP contribution in [-0.2, 0) is 0 Å². The van der Waals surface area contributed by atoms with Gasteiger partial charge in [-0.2, -0.15) is 0 Å². The van der Waals surface area contributed by atoms with E-state index in [1.807, 2.05) is 13.8 Å². The number of hydrogen-bond acceptors (Lipinski definition) is 3. The fraction of sp³-hybridized carbons (Fsp3) is 0.300. The van der Waals surface area contributed by atoms with Crippen LogP contribution >= 0.6 is 0 Å². The average molecular weight is 189 g/mol. The van der Waals surface area contributed by atoms with Crippen LogP contribution in [0.1, 0.15) is 19.9 Å². The number of aromatic nitrogens is 3. The van der Waals surface area contributed by atoms with Crippen molar-refractivity contribution in [2.45, 2.75) is 19.9 Å². The highest BCUT2D eigenvalue weighted by Gasteiger charge is 2.05. The lowest BCUT2D eigenvalue weighted by Crippen LogP contribution is -2.22. The molecule has 0 spiro atoms. The van der Waals surface area contributed by atoms with Crippen molar-refractivity contribution >= 4 is 11.0 Å². The van der Waals surface area contributed by atoms with E-state index in [1.165, 1.54) is 0 Å². The molecule has 0 bridgehead atoms. The normalized spacial score (nSPS) is 11.1. The van der Waals surface area contributed by atoms with Crippen molar-refractivity contribution < 1.29 is 0 Å². The Morgan fingerprint density at radius 3 is 2.86 bits per heavy atom. The molecule has 0 amide bonds. The topological polar surface area (TPSA) is 47.8 Å². The van der Waals surface area contributed by atoms with E-state index < -0.39 is 0 Å².